The van der Waals surface area contributed by atoms with Gasteiger partial charge in [-0.25, -0.2) is 4.79 Å². The third kappa shape index (κ3) is 3.30. The Hall–Kier alpha value is -3.11. The summed E-state index contributed by atoms with van der Waals surface area (Å²) in [5.74, 6) is 0.726. The highest BCUT2D eigenvalue weighted by molar-refractivity contribution is 5.91. The van der Waals surface area contributed by atoms with E-state index in [1.54, 1.807) is 19.2 Å². The zero-order chi connectivity index (χ0) is 19.8. The molecule has 2 aliphatic heterocycles. The second-order valence-corrected chi connectivity index (χ2v) is 7.67. The largest absolute Gasteiger partial charge is 0.493 e. The van der Waals surface area contributed by atoms with E-state index in [-0.39, 0.29) is 5.97 Å². The maximum absolute atomic E-state index is 12.6. The summed E-state index contributed by atoms with van der Waals surface area (Å²) >= 11 is 0. The summed E-state index contributed by atoms with van der Waals surface area (Å²) in [6, 6.07) is 22.1. The van der Waals surface area contributed by atoms with Crippen molar-refractivity contribution in [3.8, 4) is 11.5 Å². The first-order valence-corrected chi connectivity index (χ1v) is 10.0. The van der Waals surface area contributed by atoms with Crippen LogP contribution in [0.1, 0.15) is 38.7 Å². The Morgan fingerprint density at radius 2 is 1.69 bits per heavy atom. The van der Waals surface area contributed by atoms with Gasteiger partial charge in [0.2, 0.25) is 0 Å². The second-order valence-electron chi connectivity index (χ2n) is 7.67. The molecule has 0 fully saturated rings. The van der Waals surface area contributed by atoms with Crippen LogP contribution in [0.15, 0.2) is 66.7 Å². The Bertz CT molecular complexity index is 1060. The molecule has 0 bridgehead atoms. The van der Waals surface area contributed by atoms with Crippen molar-refractivity contribution in [3.63, 3.8) is 0 Å². The number of methoxy groups -OCH3 is 1. The fraction of sp³-hybridized carbons (Fsp3) is 0.240. The van der Waals surface area contributed by atoms with Crippen LogP contribution in [0.5, 0.6) is 11.5 Å². The van der Waals surface area contributed by atoms with Gasteiger partial charge < -0.3 is 9.47 Å². The van der Waals surface area contributed by atoms with Crippen molar-refractivity contribution >= 4 is 5.97 Å². The molecule has 2 heterocycles. The number of carbonyl (C=O) groups excluding carboxylic acids is 1. The lowest BCUT2D eigenvalue weighted by atomic mass is 9.84. The van der Waals surface area contributed by atoms with Crippen LogP contribution < -0.4 is 9.47 Å². The van der Waals surface area contributed by atoms with Crippen LogP contribution in [-0.4, -0.2) is 24.5 Å². The van der Waals surface area contributed by atoms with E-state index in [9.17, 15) is 4.79 Å². The quantitative estimate of drug-likeness (QED) is 0.489. The maximum Gasteiger partial charge on any atom is 0.343 e. The van der Waals surface area contributed by atoms with E-state index in [4.69, 9.17) is 9.47 Å². The van der Waals surface area contributed by atoms with Gasteiger partial charge in [0.05, 0.1) is 12.7 Å². The van der Waals surface area contributed by atoms with Crippen LogP contribution in [0.2, 0.25) is 0 Å². The molecule has 4 heteroatoms. The molecule has 0 aromatic heterocycles. The molecular formula is C25H23NO3. The van der Waals surface area contributed by atoms with Crippen molar-refractivity contribution < 1.29 is 14.3 Å². The van der Waals surface area contributed by atoms with Crippen molar-refractivity contribution in [1.82, 2.24) is 4.90 Å². The topological polar surface area (TPSA) is 38.8 Å². The lowest BCUT2D eigenvalue weighted by molar-refractivity contribution is 0.0728. The van der Waals surface area contributed by atoms with E-state index in [0.717, 1.165) is 25.9 Å². The number of esters is 1. The van der Waals surface area contributed by atoms with Gasteiger partial charge in [0.25, 0.3) is 0 Å². The third-order valence-electron chi connectivity index (χ3n) is 6.01. The van der Waals surface area contributed by atoms with Crippen molar-refractivity contribution in [2.45, 2.75) is 25.4 Å². The molecule has 0 aliphatic carbocycles. The number of fused-ring (bicyclic) bond motifs is 4. The molecule has 4 nitrogen and oxygen atoms in total. The summed E-state index contributed by atoms with van der Waals surface area (Å²) in [4.78, 5) is 15.1. The first kappa shape index (κ1) is 18.0. The molecule has 0 spiro atoms. The minimum atomic E-state index is -0.370. The predicted molar refractivity (Wildman–Crippen MR) is 111 cm³/mol. The number of benzene rings is 3. The smallest absolute Gasteiger partial charge is 0.343 e. The van der Waals surface area contributed by atoms with E-state index in [1.807, 2.05) is 30.3 Å². The Morgan fingerprint density at radius 1 is 0.931 bits per heavy atom. The highest BCUT2D eigenvalue weighted by atomic mass is 16.6. The SMILES string of the molecule is COc1cc2c(cc1OC(=O)c1ccccc1)[C@H]1Cc3ccccc3CN1CC2. The Kier molecular flexibility index (Phi) is 4.57. The van der Waals surface area contributed by atoms with Crippen LogP contribution in [0.25, 0.3) is 0 Å². The minimum absolute atomic E-state index is 0.300. The summed E-state index contributed by atoms with van der Waals surface area (Å²) in [5, 5.41) is 0. The lowest BCUT2D eigenvalue weighted by Crippen LogP contribution is -2.39. The molecule has 3 aromatic rings. The standard InChI is InChI=1S/C25H23NO3/c1-28-23-14-19-11-12-26-16-20-10-6-5-9-18(20)13-22(26)21(19)15-24(23)29-25(27)17-7-3-2-4-8-17/h2-10,14-15,22H,11-13,16H2,1H3/t22-/m1/s1. The number of hydrogen-bond donors (Lipinski definition) is 0. The van der Waals surface area contributed by atoms with Gasteiger partial charge in [0, 0.05) is 19.1 Å². The molecule has 2 aliphatic rings. The highest BCUT2D eigenvalue weighted by Crippen LogP contribution is 2.42. The molecule has 5 rings (SSSR count). The van der Waals surface area contributed by atoms with Gasteiger partial charge in [-0.2, -0.15) is 0 Å². The Balaban J connectivity index is 1.50. The van der Waals surface area contributed by atoms with Crippen LogP contribution >= 0.6 is 0 Å². The summed E-state index contributed by atoms with van der Waals surface area (Å²) in [6.45, 7) is 1.99. The van der Waals surface area contributed by atoms with Gasteiger partial charge in [-0.1, -0.05) is 42.5 Å². The number of ether oxygens (including phenoxy) is 2. The fourth-order valence-corrected chi connectivity index (χ4v) is 4.50. The number of hydrogen-bond acceptors (Lipinski definition) is 4. The van der Waals surface area contributed by atoms with Gasteiger partial charge in [-0.05, 0) is 59.4 Å². The van der Waals surface area contributed by atoms with Gasteiger partial charge in [0.15, 0.2) is 11.5 Å². The average Bonchev–Trinajstić information content (AvgIpc) is 2.78. The zero-order valence-electron chi connectivity index (χ0n) is 16.4. The van der Waals surface area contributed by atoms with Crippen LogP contribution in [0.4, 0.5) is 0 Å². The van der Waals surface area contributed by atoms with Crippen molar-refractivity contribution in [2.75, 3.05) is 13.7 Å². The molecule has 0 saturated carbocycles. The molecule has 0 amide bonds. The maximum atomic E-state index is 12.6. The molecular weight excluding hydrogens is 362 g/mol. The van der Waals surface area contributed by atoms with E-state index in [1.165, 1.54) is 22.3 Å². The number of carbonyl (C=O) groups is 1. The molecule has 0 saturated heterocycles. The van der Waals surface area contributed by atoms with Crippen molar-refractivity contribution in [3.05, 3.63) is 94.5 Å². The molecule has 0 N–H and O–H groups in total. The van der Waals surface area contributed by atoms with Crippen LogP contribution in [0, 0.1) is 0 Å². The van der Waals surface area contributed by atoms with E-state index >= 15 is 0 Å². The van der Waals surface area contributed by atoms with E-state index in [0.29, 0.717) is 23.1 Å². The fourth-order valence-electron chi connectivity index (χ4n) is 4.50. The molecule has 29 heavy (non-hydrogen) atoms. The van der Waals surface area contributed by atoms with Crippen molar-refractivity contribution in [2.24, 2.45) is 0 Å². The average molecular weight is 385 g/mol. The van der Waals surface area contributed by atoms with Gasteiger partial charge in [0.1, 0.15) is 0 Å². The third-order valence-corrected chi connectivity index (χ3v) is 6.01. The zero-order valence-corrected chi connectivity index (χ0v) is 16.4. The van der Waals surface area contributed by atoms with E-state index in [2.05, 4.69) is 29.2 Å². The summed E-state index contributed by atoms with van der Waals surface area (Å²) < 4.78 is 11.3. The normalized spacial score (nSPS) is 17.6. The van der Waals surface area contributed by atoms with Crippen LogP contribution in [0.3, 0.4) is 0 Å². The molecule has 146 valence electrons. The first-order chi connectivity index (χ1) is 14.2. The number of nitrogens with zero attached hydrogens (tertiary/aromatic N) is 1. The molecule has 1 atom stereocenters. The summed E-state index contributed by atoms with van der Waals surface area (Å²) in [7, 11) is 1.62. The van der Waals surface area contributed by atoms with Crippen LogP contribution in [-0.2, 0) is 19.4 Å². The monoisotopic (exact) mass is 385 g/mol. The second kappa shape index (κ2) is 7.37. The summed E-state index contributed by atoms with van der Waals surface area (Å²) in [5.41, 5.74) is 5.86. The lowest BCUT2D eigenvalue weighted by Gasteiger charge is -2.41. The minimum Gasteiger partial charge on any atom is -0.493 e. The van der Waals surface area contributed by atoms with Crippen molar-refractivity contribution in [1.29, 1.82) is 0 Å². The molecule has 0 radical (unpaired) electrons. The Labute approximate surface area is 170 Å². The summed E-state index contributed by atoms with van der Waals surface area (Å²) in [6.07, 6.45) is 1.94. The molecule has 3 aromatic carbocycles. The van der Waals surface area contributed by atoms with E-state index < -0.39 is 0 Å². The highest BCUT2D eigenvalue weighted by Gasteiger charge is 2.33. The van der Waals surface area contributed by atoms with Gasteiger partial charge >= 0.3 is 5.97 Å². The first-order valence-electron chi connectivity index (χ1n) is 10.0. The Morgan fingerprint density at radius 3 is 2.48 bits per heavy atom. The van der Waals surface area contributed by atoms with Gasteiger partial charge in [-0.3, -0.25) is 4.90 Å². The van der Waals surface area contributed by atoms with Gasteiger partial charge in [-0.15, -0.1) is 0 Å². The predicted octanol–water partition coefficient (Wildman–Crippen LogP) is 4.57. The number of rotatable bonds is 3. The molecule has 0 unspecified atom stereocenters.